The molecule has 2 rings (SSSR count). The summed E-state index contributed by atoms with van der Waals surface area (Å²) < 4.78 is 0. The summed E-state index contributed by atoms with van der Waals surface area (Å²) in [6, 6.07) is 10.2. The summed E-state index contributed by atoms with van der Waals surface area (Å²) in [5.41, 5.74) is 0. The highest BCUT2D eigenvalue weighted by Gasteiger charge is 2.24. The second-order valence-corrected chi connectivity index (χ2v) is 7.24. The Morgan fingerprint density at radius 2 is 1.82 bits per heavy atom. The Hall–Kier alpha value is -1.64. The normalized spacial score (nSPS) is 11.8. The van der Waals surface area contributed by atoms with Crippen molar-refractivity contribution in [2.75, 3.05) is 0 Å². The Labute approximate surface area is 139 Å². The van der Waals surface area contributed by atoms with Crippen LogP contribution in [0.15, 0.2) is 35.0 Å². The van der Waals surface area contributed by atoms with E-state index >= 15 is 0 Å². The van der Waals surface area contributed by atoms with E-state index in [0.29, 0.717) is 19.5 Å². The molecule has 3 nitrogen and oxygen atoms in total. The first-order valence-electron chi connectivity index (χ1n) is 7.47. The number of nitrogens with zero attached hydrogens (tertiary/aromatic N) is 2. The molecule has 22 heavy (non-hydrogen) atoms. The minimum Gasteiger partial charge on any atom is -0.331 e. The maximum Gasteiger partial charge on any atom is 0.240 e. The van der Waals surface area contributed by atoms with Gasteiger partial charge >= 0.3 is 0 Å². The molecular weight excluding hydrogens is 312 g/mol. The number of unbranched alkanes of at least 4 members (excludes halogenated alkanes) is 1. The molecule has 0 radical (unpaired) electrons. The van der Waals surface area contributed by atoms with E-state index in [9.17, 15) is 10.1 Å². The van der Waals surface area contributed by atoms with Gasteiger partial charge in [0.25, 0.3) is 0 Å². The van der Waals surface area contributed by atoms with Gasteiger partial charge < -0.3 is 4.90 Å². The minimum absolute atomic E-state index is 0.0437. The topological polar surface area (TPSA) is 44.1 Å². The molecule has 0 aliphatic carbocycles. The fraction of sp³-hybridized carbons (Fsp3) is 0.412. The second-order valence-electron chi connectivity index (χ2n) is 5.18. The Bertz CT molecular complexity index is 563. The fourth-order valence-corrected chi connectivity index (χ4v) is 3.70. The van der Waals surface area contributed by atoms with E-state index in [4.69, 9.17) is 0 Å². The van der Waals surface area contributed by atoms with Gasteiger partial charge in [-0.25, -0.2) is 0 Å². The quantitative estimate of drug-likeness (QED) is 0.705. The molecule has 0 saturated carbocycles. The van der Waals surface area contributed by atoms with Crippen molar-refractivity contribution < 1.29 is 4.79 Å². The number of hydrogen-bond acceptors (Lipinski definition) is 4. The molecule has 0 N–H and O–H groups in total. The molecule has 2 aromatic rings. The van der Waals surface area contributed by atoms with Gasteiger partial charge in [0, 0.05) is 9.75 Å². The smallest absolute Gasteiger partial charge is 0.240 e. The molecule has 2 aromatic heterocycles. The molecule has 0 aliphatic rings. The average Bonchev–Trinajstić information content (AvgIpc) is 3.20. The molecule has 0 aromatic carbocycles. The first-order chi connectivity index (χ1) is 10.7. The molecule has 1 atom stereocenters. The van der Waals surface area contributed by atoms with Crippen LogP contribution in [-0.2, 0) is 17.9 Å². The summed E-state index contributed by atoms with van der Waals surface area (Å²) in [5.74, 6) is -0.572. The van der Waals surface area contributed by atoms with Crippen LogP contribution in [0.1, 0.15) is 35.9 Å². The van der Waals surface area contributed by atoms with Crippen LogP contribution in [0.25, 0.3) is 0 Å². The molecular formula is C17H20N2OS2. The van der Waals surface area contributed by atoms with Crippen molar-refractivity contribution in [1.82, 2.24) is 4.90 Å². The lowest BCUT2D eigenvalue weighted by Gasteiger charge is -2.24. The van der Waals surface area contributed by atoms with Crippen LogP contribution in [0.2, 0.25) is 0 Å². The molecule has 0 unspecified atom stereocenters. The summed E-state index contributed by atoms with van der Waals surface area (Å²) in [5, 5.41) is 13.4. The first kappa shape index (κ1) is 16.7. The monoisotopic (exact) mass is 332 g/mol. The Morgan fingerprint density at radius 1 is 1.23 bits per heavy atom. The van der Waals surface area contributed by atoms with Crippen molar-refractivity contribution in [2.24, 2.45) is 5.92 Å². The van der Waals surface area contributed by atoms with E-state index in [1.807, 2.05) is 39.9 Å². The maximum atomic E-state index is 12.7. The van der Waals surface area contributed by atoms with Crippen LogP contribution >= 0.6 is 22.7 Å². The zero-order valence-electron chi connectivity index (χ0n) is 12.7. The van der Waals surface area contributed by atoms with Crippen LogP contribution in [0.5, 0.6) is 0 Å². The molecule has 2 heterocycles. The Morgan fingerprint density at radius 3 is 2.23 bits per heavy atom. The fourth-order valence-electron chi connectivity index (χ4n) is 2.26. The van der Waals surface area contributed by atoms with Gasteiger partial charge in [-0.05, 0) is 29.3 Å². The summed E-state index contributed by atoms with van der Waals surface area (Å²) in [7, 11) is 0. The Balaban J connectivity index is 2.11. The van der Waals surface area contributed by atoms with Gasteiger partial charge in [0.05, 0.1) is 19.2 Å². The van der Waals surface area contributed by atoms with E-state index in [2.05, 4.69) is 13.0 Å². The number of hydrogen-bond donors (Lipinski definition) is 0. The first-order valence-corrected chi connectivity index (χ1v) is 9.23. The van der Waals surface area contributed by atoms with Gasteiger partial charge in [0.15, 0.2) is 0 Å². The number of rotatable bonds is 8. The molecule has 0 saturated heterocycles. The molecule has 0 fully saturated rings. The van der Waals surface area contributed by atoms with Crippen molar-refractivity contribution in [3.63, 3.8) is 0 Å². The molecule has 5 heteroatoms. The molecule has 0 spiro atoms. The highest BCUT2D eigenvalue weighted by Crippen LogP contribution is 2.20. The van der Waals surface area contributed by atoms with Gasteiger partial charge in [0.1, 0.15) is 5.92 Å². The van der Waals surface area contributed by atoms with Gasteiger partial charge in [-0.15, -0.1) is 22.7 Å². The largest absolute Gasteiger partial charge is 0.331 e. The molecule has 116 valence electrons. The van der Waals surface area contributed by atoms with Crippen molar-refractivity contribution in [1.29, 1.82) is 5.26 Å². The van der Waals surface area contributed by atoms with Crippen LogP contribution in [-0.4, -0.2) is 10.8 Å². The third kappa shape index (κ3) is 4.69. The summed E-state index contributed by atoms with van der Waals surface area (Å²) >= 11 is 3.29. The van der Waals surface area contributed by atoms with Gasteiger partial charge in [-0.3, -0.25) is 4.79 Å². The van der Waals surface area contributed by atoms with Crippen molar-refractivity contribution in [2.45, 2.75) is 39.3 Å². The number of carbonyl (C=O) groups excluding carboxylic acids is 1. The standard InChI is InChI=1S/C17H20N2OS2/c1-2-3-6-14(11-18)17(20)19(12-15-7-4-9-21-15)13-16-8-5-10-22-16/h4-5,7-10,14H,2-3,6,12-13H2,1H3/t14-/m0/s1. The van der Waals surface area contributed by atoms with Crippen LogP contribution < -0.4 is 0 Å². The zero-order valence-corrected chi connectivity index (χ0v) is 14.3. The van der Waals surface area contributed by atoms with E-state index in [1.165, 1.54) is 0 Å². The molecule has 0 bridgehead atoms. The van der Waals surface area contributed by atoms with E-state index in [1.54, 1.807) is 22.7 Å². The summed E-state index contributed by atoms with van der Waals surface area (Å²) in [6.45, 7) is 3.24. The second kappa shape index (κ2) is 8.72. The van der Waals surface area contributed by atoms with E-state index < -0.39 is 5.92 Å². The van der Waals surface area contributed by atoms with Crippen LogP contribution in [0.4, 0.5) is 0 Å². The molecule has 0 aliphatic heterocycles. The Kier molecular flexibility index (Phi) is 6.63. The van der Waals surface area contributed by atoms with E-state index in [0.717, 1.165) is 22.6 Å². The predicted octanol–water partition coefficient (Wildman–Crippen LogP) is 4.67. The van der Waals surface area contributed by atoms with Gasteiger partial charge in [0.2, 0.25) is 5.91 Å². The summed E-state index contributed by atoms with van der Waals surface area (Å²) in [6.07, 6.45) is 2.56. The average molecular weight is 332 g/mol. The number of thiophene rings is 2. The highest BCUT2D eigenvalue weighted by molar-refractivity contribution is 7.10. The summed E-state index contributed by atoms with van der Waals surface area (Å²) in [4.78, 5) is 16.9. The zero-order chi connectivity index (χ0) is 15.8. The predicted molar refractivity (Wildman–Crippen MR) is 91.5 cm³/mol. The van der Waals surface area contributed by atoms with Crippen LogP contribution in [0.3, 0.4) is 0 Å². The lowest BCUT2D eigenvalue weighted by atomic mass is 10.0. The van der Waals surface area contributed by atoms with Crippen molar-refractivity contribution in [3.05, 3.63) is 44.8 Å². The van der Waals surface area contributed by atoms with Gasteiger partial charge in [-0.1, -0.05) is 31.9 Å². The van der Waals surface area contributed by atoms with Crippen molar-refractivity contribution in [3.8, 4) is 6.07 Å². The maximum absolute atomic E-state index is 12.7. The van der Waals surface area contributed by atoms with Crippen LogP contribution in [0, 0.1) is 17.2 Å². The minimum atomic E-state index is -0.528. The highest BCUT2D eigenvalue weighted by atomic mass is 32.1. The van der Waals surface area contributed by atoms with Crippen molar-refractivity contribution >= 4 is 28.6 Å². The van der Waals surface area contributed by atoms with Gasteiger partial charge in [-0.2, -0.15) is 5.26 Å². The SMILES string of the molecule is CCCC[C@@H](C#N)C(=O)N(Cc1cccs1)Cc1cccs1. The number of amides is 1. The lowest BCUT2D eigenvalue weighted by Crippen LogP contribution is -2.34. The molecule has 1 amide bonds. The number of carbonyl (C=O) groups is 1. The third-order valence-corrected chi connectivity index (χ3v) is 5.19. The van der Waals surface area contributed by atoms with E-state index in [-0.39, 0.29) is 5.91 Å². The number of nitriles is 1. The lowest BCUT2D eigenvalue weighted by molar-refractivity contribution is -0.135. The third-order valence-electron chi connectivity index (χ3n) is 3.47.